The molecule has 1 heterocycles. The van der Waals surface area contributed by atoms with E-state index in [1.165, 1.54) is 30.5 Å². The summed E-state index contributed by atoms with van der Waals surface area (Å²) in [4.78, 5) is 27.6. The van der Waals surface area contributed by atoms with Crippen molar-refractivity contribution in [3.63, 3.8) is 0 Å². The molecule has 0 aliphatic carbocycles. The lowest BCUT2D eigenvalue weighted by atomic mass is 10.0. The maximum absolute atomic E-state index is 12.8. The Hall–Kier alpha value is -2.08. The van der Waals surface area contributed by atoms with E-state index in [4.69, 9.17) is 5.73 Å². The molecule has 4 nitrogen and oxygen atoms in total. The summed E-state index contributed by atoms with van der Waals surface area (Å²) in [5.74, 6) is -1.26. The lowest BCUT2D eigenvalue weighted by Gasteiger charge is -2.17. The quantitative estimate of drug-likeness (QED) is 0.680. The van der Waals surface area contributed by atoms with Gasteiger partial charge < -0.3 is 5.73 Å². The minimum absolute atomic E-state index is 0.274. The summed E-state index contributed by atoms with van der Waals surface area (Å²) < 4.78 is 11.7. The van der Waals surface area contributed by atoms with Crippen molar-refractivity contribution in [3.8, 4) is 0 Å². The molecule has 0 fully saturated rings. The van der Waals surface area contributed by atoms with Gasteiger partial charge in [0.1, 0.15) is 10.1 Å². The van der Waals surface area contributed by atoms with Crippen LogP contribution in [0.2, 0.25) is 0 Å². The number of primary amides is 1. The van der Waals surface area contributed by atoms with Crippen molar-refractivity contribution >= 4 is 27.6 Å². The Morgan fingerprint density at radius 1 is 1.14 bits per heavy atom. The molecule has 21 heavy (non-hydrogen) atoms. The van der Waals surface area contributed by atoms with Gasteiger partial charge in [0, 0.05) is 17.3 Å². The molecule has 0 saturated heterocycles. The van der Waals surface area contributed by atoms with Crippen LogP contribution in [0.15, 0.2) is 42.6 Å². The van der Waals surface area contributed by atoms with Crippen LogP contribution in [-0.4, -0.2) is 16.7 Å². The highest BCUT2D eigenvalue weighted by molar-refractivity contribution is 9.10. The normalized spacial score (nSPS) is 13.5. The molecule has 108 valence electrons. The Morgan fingerprint density at radius 3 is 2.19 bits per heavy atom. The zero-order valence-electron chi connectivity index (χ0n) is 11.1. The Labute approximate surface area is 129 Å². The van der Waals surface area contributed by atoms with Gasteiger partial charge in [0.05, 0.1) is 5.69 Å². The average molecular weight is 351 g/mol. The van der Waals surface area contributed by atoms with Gasteiger partial charge >= 0.3 is 0 Å². The standard InChI is InChI=1S/C15H12BrFN2O2/c1-15(16,14(18)21)12-7-4-10(8-19-12)13(20)9-2-5-11(17)6-3-9/h2-8H,1H3,(H2,18,21). The Morgan fingerprint density at radius 2 is 1.71 bits per heavy atom. The van der Waals surface area contributed by atoms with E-state index in [1.807, 2.05) is 0 Å². The van der Waals surface area contributed by atoms with Crippen LogP contribution in [0.4, 0.5) is 4.39 Å². The van der Waals surface area contributed by atoms with Crippen LogP contribution in [0, 0.1) is 5.82 Å². The van der Waals surface area contributed by atoms with Crippen LogP contribution in [-0.2, 0) is 9.12 Å². The SMILES string of the molecule is CC(Br)(C(N)=O)c1ccc(C(=O)c2ccc(F)cc2)cn1. The van der Waals surface area contributed by atoms with E-state index in [1.54, 1.807) is 19.1 Å². The number of carbonyl (C=O) groups is 2. The number of nitrogens with zero attached hydrogens (tertiary/aromatic N) is 1. The van der Waals surface area contributed by atoms with Crippen LogP contribution < -0.4 is 5.73 Å². The number of rotatable bonds is 4. The smallest absolute Gasteiger partial charge is 0.240 e. The Bertz CT molecular complexity index is 682. The second-order valence-electron chi connectivity index (χ2n) is 4.64. The molecule has 0 aliphatic heterocycles. The molecule has 1 atom stereocenters. The predicted molar refractivity (Wildman–Crippen MR) is 79.5 cm³/mol. The molecule has 2 aromatic rings. The molecule has 0 saturated carbocycles. The monoisotopic (exact) mass is 350 g/mol. The molecule has 0 bridgehead atoms. The van der Waals surface area contributed by atoms with Crippen LogP contribution in [0.1, 0.15) is 28.5 Å². The fourth-order valence-corrected chi connectivity index (χ4v) is 1.93. The number of aromatic nitrogens is 1. The van der Waals surface area contributed by atoms with E-state index in [-0.39, 0.29) is 5.78 Å². The molecule has 0 aliphatic rings. The van der Waals surface area contributed by atoms with Gasteiger partial charge in [-0.3, -0.25) is 14.6 Å². The molecule has 0 radical (unpaired) electrons. The predicted octanol–water partition coefficient (Wildman–Crippen LogP) is 2.55. The van der Waals surface area contributed by atoms with Crippen molar-refractivity contribution in [2.24, 2.45) is 5.73 Å². The molecule has 1 unspecified atom stereocenters. The summed E-state index contributed by atoms with van der Waals surface area (Å²) in [5, 5.41) is 0. The zero-order valence-corrected chi connectivity index (χ0v) is 12.7. The third-order valence-electron chi connectivity index (χ3n) is 3.08. The van der Waals surface area contributed by atoms with E-state index in [9.17, 15) is 14.0 Å². The number of carbonyl (C=O) groups excluding carboxylic acids is 2. The van der Waals surface area contributed by atoms with Crippen LogP contribution in [0.25, 0.3) is 0 Å². The second kappa shape index (κ2) is 5.73. The number of pyridine rings is 1. The first-order chi connectivity index (χ1) is 9.82. The largest absolute Gasteiger partial charge is 0.368 e. The zero-order chi connectivity index (χ0) is 15.6. The van der Waals surface area contributed by atoms with Gasteiger partial charge in [-0.2, -0.15) is 0 Å². The van der Waals surface area contributed by atoms with E-state index in [2.05, 4.69) is 20.9 Å². The minimum atomic E-state index is -1.09. The van der Waals surface area contributed by atoms with Gasteiger partial charge in [-0.25, -0.2) is 4.39 Å². The maximum Gasteiger partial charge on any atom is 0.240 e. The number of ketones is 1. The average Bonchev–Trinajstić information content (AvgIpc) is 2.47. The van der Waals surface area contributed by atoms with Crippen molar-refractivity contribution in [3.05, 3.63) is 65.2 Å². The first-order valence-corrected chi connectivity index (χ1v) is 6.87. The highest BCUT2D eigenvalue weighted by Crippen LogP contribution is 2.28. The number of hydrogen-bond acceptors (Lipinski definition) is 3. The number of benzene rings is 1. The topological polar surface area (TPSA) is 73.1 Å². The lowest BCUT2D eigenvalue weighted by Crippen LogP contribution is -2.33. The first kappa shape index (κ1) is 15.3. The molecule has 0 spiro atoms. The van der Waals surface area contributed by atoms with E-state index in [0.29, 0.717) is 16.8 Å². The van der Waals surface area contributed by atoms with Gasteiger partial charge in [0.25, 0.3) is 0 Å². The van der Waals surface area contributed by atoms with Crippen LogP contribution in [0.5, 0.6) is 0 Å². The van der Waals surface area contributed by atoms with Crippen LogP contribution >= 0.6 is 15.9 Å². The minimum Gasteiger partial charge on any atom is -0.368 e. The Kier molecular flexibility index (Phi) is 4.18. The summed E-state index contributed by atoms with van der Waals surface area (Å²) in [5.41, 5.74) is 6.39. The highest BCUT2D eigenvalue weighted by atomic mass is 79.9. The number of nitrogens with two attached hydrogens (primary N) is 1. The molecular weight excluding hydrogens is 339 g/mol. The number of halogens is 2. The van der Waals surface area contributed by atoms with Crippen molar-refractivity contribution in [1.29, 1.82) is 0 Å². The number of hydrogen-bond donors (Lipinski definition) is 1. The van der Waals surface area contributed by atoms with Gasteiger partial charge in [0.15, 0.2) is 5.78 Å². The first-order valence-electron chi connectivity index (χ1n) is 6.08. The van der Waals surface area contributed by atoms with Gasteiger partial charge in [-0.15, -0.1) is 0 Å². The van der Waals surface area contributed by atoms with Gasteiger partial charge in [0.2, 0.25) is 5.91 Å². The molecule has 6 heteroatoms. The maximum atomic E-state index is 12.8. The number of alkyl halides is 1. The Balaban J connectivity index is 2.29. The molecule has 2 rings (SSSR count). The fourth-order valence-electron chi connectivity index (χ4n) is 1.70. The van der Waals surface area contributed by atoms with Gasteiger partial charge in [-0.1, -0.05) is 15.9 Å². The van der Waals surface area contributed by atoms with E-state index >= 15 is 0 Å². The lowest BCUT2D eigenvalue weighted by molar-refractivity contribution is -0.120. The van der Waals surface area contributed by atoms with Gasteiger partial charge in [-0.05, 0) is 43.3 Å². The van der Waals surface area contributed by atoms with Crippen molar-refractivity contribution in [1.82, 2.24) is 4.98 Å². The molecule has 1 aromatic carbocycles. The molecular formula is C15H12BrFN2O2. The third kappa shape index (κ3) is 3.16. The van der Waals surface area contributed by atoms with E-state index in [0.717, 1.165) is 0 Å². The summed E-state index contributed by atoms with van der Waals surface area (Å²) in [6, 6.07) is 8.36. The van der Waals surface area contributed by atoms with Crippen molar-refractivity contribution < 1.29 is 14.0 Å². The molecule has 1 aromatic heterocycles. The van der Waals surface area contributed by atoms with Crippen molar-refractivity contribution in [2.75, 3.05) is 0 Å². The van der Waals surface area contributed by atoms with Crippen LogP contribution in [0.3, 0.4) is 0 Å². The second-order valence-corrected chi connectivity index (χ2v) is 6.22. The summed E-state index contributed by atoms with van der Waals surface area (Å²) >= 11 is 3.21. The summed E-state index contributed by atoms with van der Waals surface area (Å²) in [6.45, 7) is 1.58. The fraction of sp³-hybridized carbons (Fsp3) is 0.133. The van der Waals surface area contributed by atoms with Crippen molar-refractivity contribution in [2.45, 2.75) is 11.2 Å². The number of amides is 1. The molecule has 1 amide bonds. The summed E-state index contributed by atoms with van der Waals surface area (Å²) in [7, 11) is 0. The van der Waals surface area contributed by atoms with E-state index < -0.39 is 16.0 Å². The third-order valence-corrected chi connectivity index (χ3v) is 3.87. The molecule has 2 N–H and O–H groups in total. The highest BCUT2D eigenvalue weighted by Gasteiger charge is 2.31. The summed E-state index contributed by atoms with van der Waals surface area (Å²) in [6.07, 6.45) is 1.36.